The molecule has 0 radical (unpaired) electrons. The largest absolute Gasteiger partial charge is 1.00 e. The molecule has 24 heavy (non-hydrogen) atoms. The molecule has 1 atom stereocenters. The molecule has 0 rings (SSSR count). The number of phosphoric ester groups is 1. The van der Waals surface area contributed by atoms with Gasteiger partial charge in [0.25, 0.3) is 0 Å². The van der Waals surface area contributed by atoms with Gasteiger partial charge in [-0.25, -0.2) is 4.57 Å². The maximum atomic E-state index is 11.2. The fraction of sp³-hybridized carbons (Fsp3) is 1.00. The monoisotopic (exact) mass is 406 g/mol. The first-order valence-corrected chi connectivity index (χ1v) is 10.2. The molecular weight excluding hydrogens is 380 g/mol. The summed E-state index contributed by atoms with van der Waals surface area (Å²) in [5.41, 5.74) is -0.986. The molecule has 0 aliphatic heterocycles. The van der Waals surface area contributed by atoms with Crippen LogP contribution in [0, 0.1) is 0 Å². The zero-order chi connectivity index (χ0) is 17.7. The normalized spacial score (nSPS) is 15.2. The van der Waals surface area contributed by atoms with Crippen molar-refractivity contribution in [3.63, 3.8) is 0 Å². The van der Waals surface area contributed by atoms with E-state index >= 15 is 0 Å². The number of phosphoric acid groups is 1. The fourth-order valence-electron chi connectivity index (χ4n) is 1.87. The van der Waals surface area contributed by atoms with E-state index in [4.69, 9.17) is 14.5 Å². The molecule has 12 heteroatoms. The van der Waals surface area contributed by atoms with Gasteiger partial charge in [0.15, 0.2) is 0 Å². The molecule has 0 saturated heterocycles. The van der Waals surface area contributed by atoms with Gasteiger partial charge in [0, 0.05) is 13.2 Å². The van der Waals surface area contributed by atoms with Crippen LogP contribution in [0.1, 0.15) is 53.4 Å². The maximum Gasteiger partial charge on any atom is 1.00 e. The minimum absolute atomic E-state index is 0. The van der Waals surface area contributed by atoms with E-state index in [-0.39, 0.29) is 85.2 Å². The summed E-state index contributed by atoms with van der Waals surface area (Å²) in [6, 6.07) is 0. The molecule has 1 unspecified atom stereocenters. The first-order chi connectivity index (χ1) is 9.72. The van der Waals surface area contributed by atoms with Crippen LogP contribution >= 0.6 is 15.4 Å². The van der Waals surface area contributed by atoms with Crippen LogP contribution in [-0.4, -0.2) is 33.8 Å². The van der Waals surface area contributed by atoms with E-state index in [0.29, 0.717) is 12.8 Å². The van der Waals surface area contributed by atoms with Crippen LogP contribution in [0.2, 0.25) is 0 Å². The molecule has 134 valence electrons. The maximum absolute atomic E-state index is 11.2. The predicted molar refractivity (Wildman–Crippen MR) is 78.2 cm³/mol. The van der Waals surface area contributed by atoms with Gasteiger partial charge in [0.05, 0.1) is 5.60 Å². The van der Waals surface area contributed by atoms with E-state index in [1.165, 1.54) is 6.92 Å². The molecule has 0 aromatic carbocycles. The Hall–Kier alpha value is 2.22. The van der Waals surface area contributed by atoms with Crippen molar-refractivity contribution in [2.24, 2.45) is 0 Å². The van der Waals surface area contributed by atoms with Crippen molar-refractivity contribution >= 4 is 15.4 Å². The summed E-state index contributed by atoms with van der Waals surface area (Å²) in [6.45, 7) is 6.60. The van der Waals surface area contributed by atoms with E-state index in [1.54, 1.807) is 20.8 Å². The smallest absolute Gasteiger partial charge is 0.810 e. The van der Waals surface area contributed by atoms with E-state index in [2.05, 4.69) is 4.52 Å². The number of ether oxygens (including phenoxy) is 1. The average Bonchev–Trinajstić information content (AvgIpc) is 2.28. The second-order valence-corrected chi connectivity index (χ2v) is 9.39. The Morgan fingerprint density at radius 1 is 1.00 bits per heavy atom. The molecule has 2 N–H and O–H groups in total. The molecule has 0 heterocycles. The number of hydrogen-bond donors (Lipinski definition) is 2. The third kappa shape index (κ3) is 13.4. The van der Waals surface area contributed by atoms with Crippen molar-refractivity contribution in [1.29, 1.82) is 0 Å². The van der Waals surface area contributed by atoms with Crippen LogP contribution in [0.15, 0.2) is 0 Å². The second kappa shape index (κ2) is 12.6. The van der Waals surface area contributed by atoms with Crippen LogP contribution in [0.4, 0.5) is 0 Å². The number of rotatable bonds is 11. The zero-order valence-electron chi connectivity index (χ0n) is 15.5. The van der Waals surface area contributed by atoms with Crippen LogP contribution < -0.4 is 68.9 Å². The van der Waals surface area contributed by atoms with Crippen molar-refractivity contribution in [2.45, 2.75) is 64.1 Å². The molecule has 0 aliphatic rings. The van der Waals surface area contributed by atoms with Crippen molar-refractivity contribution in [2.75, 3.05) is 13.2 Å². The van der Waals surface area contributed by atoms with Gasteiger partial charge >= 0.3 is 66.9 Å². The van der Waals surface area contributed by atoms with Crippen LogP contribution in [0.25, 0.3) is 0 Å². The predicted octanol–water partition coefficient (Wildman–Crippen LogP) is -4.85. The van der Waals surface area contributed by atoms with Crippen LogP contribution in [-0.2, 0) is 18.4 Å². The van der Waals surface area contributed by atoms with Crippen LogP contribution in [0.3, 0.4) is 0 Å². The van der Waals surface area contributed by atoms with Gasteiger partial charge in [-0.3, -0.25) is 4.52 Å². The summed E-state index contributed by atoms with van der Waals surface area (Å²) in [5, 5.41) is -1.31. The molecule has 0 bridgehead atoms. The molecule has 0 spiro atoms. The Kier molecular flexibility index (Phi) is 16.3. The second-order valence-electron chi connectivity index (χ2n) is 6.16. The minimum atomic E-state index is -4.68. The summed E-state index contributed by atoms with van der Waals surface area (Å²) < 4.78 is 31.9. The molecule has 0 amide bonds. The van der Waals surface area contributed by atoms with Crippen molar-refractivity contribution < 1.29 is 97.1 Å². The van der Waals surface area contributed by atoms with E-state index in [1.807, 2.05) is 0 Å². The molecule has 0 fully saturated rings. The Morgan fingerprint density at radius 3 is 1.88 bits per heavy atom. The average molecular weight is 406 g/mol. The molecule has 0 saturated carbocycles. The Morgan fingerprint density at radius 2 is 1.50 bits per heavy atom. The van der Waals surface area contributed by atoms with Gasteiger partial charge in [-0.2, -0.15) is 0 Å². The SMILES string of the molecule is CCC(C)(CCOCCCC(C)(C)OP(=O)(O)O)P(=O)([O-])[O-].[Na+].[Na+]. The first kappa shape index (κ1) is 30.9. The first-order valence-electron chi connectivity index (χ1n) is 7.09. The molecule has 0 aromatic rings. The molecule has 0 aliphatic carbocycles. The Balaban J connectivity index is -0.00000220. The van der Waals surface area contributed by atoms with Crippen molar-refractivity contribution in [3.05, 3.63) is 0 Å². The van der Waals surface area contributed by atoms with Crippen molar-refractivity contribution in [1.82, 2.24) is 0 Å². The zero-order valence-corrected chi connectivity index (χ0v) is 21.3. The van der Waals surface area contributed by atoms with Crippen LogP contribution in [0.5, 0.6) is 0 Å². The topological polar surface area (TPSA) is 139 Å². The quantitative estimate of drug-likeness (QED) is 0.198. The van der Waals surface area contributed by atoms with Crippen molar-refractivity contribution in [3.8, 4) is 0 Å². The summed E-state index contributed by atoms with van der Waals surface area (Å²) in [5.74, 6) is 0. The number of hydrogen-bond acceptors (Lipinski definition) is 6. The van der Waals surface area contributed by atoms with Gasteiger partial charge in [0.1, 0.15) is 0 Å². The summed E-state index contributed by atoms with van der Waals surface area (Å²) in [4.78, 5) is 39.9. The molecular formula is C12H26Na2O8P2. The van der Waals surface area contributed by atoms with Gasteiger partial charge in [-0.1, -0.05) is 21.4 Å². The summed E-state index contributed by atoms with van der Waals surface area (Å²) >= 11 is 0. The van der Waals surface area contributed by atoms with E-state index in [9.17, 15) is 18.9 Å². The Bertz CT molecular complexity index is 437. The van der Waals surface area contributed by atoms with Gasteiger partial charge < -0.3 is 28.9 Å². The standard InChI is InChI=1S/C12H28O8P2.2Na/c1-5-12(4,21(13,14)15)8-10-19-9-6-7-11(2,3)20-22(16,17)18;;/h5-10H2,1-4H3,(H2,13,14,15)(H2,16,17,18);;/q;2*+1/p-2. The Labute approximate surface area is 188 Å². The molecule has 8 nitrogen and oxygen atoms in total. The van der Waals surface area contributed by atoms with Gasteiger partial charge in [-0.15, -0.1) is 0 Å². The third-order valence-corrected chi connectivity index (χ3v) is 6.24. The summed E-state index contributed by atoms with van der Waals surface area (Å²) in [6.07, 6.45) is 1.20. The van der Waals surface area contributed by atoms with Gasteiger partial charge in [0.2, 0.25) is 0 Å². The van der Waals surface area contributed by atoms with E-state index in [0.717, 1.165) is 0 Å². The molecule has 0 aromatic heterocycles. The van der Waals surface area contributed by atoms with E-state index < -0.39 is 26.2 Å². The van der Waals surface area contributed by atoms with Gasteiger partial charge in [-0.05, 0) is 44.7 Å². The summed E-state index contributed by atoms with van der Waals surface area (Å²) in [7, 11) is -9.21. The minimum Gasteiger partial charge on any atom is -0.810 e. The fourth-order valence-corrected chi connectivity index (χ4v) is 3.36. The third-order valence-electron chi connectivity index (χ3n) is 3.64.